The number of nitrogens with zero attached hydrogens (tertiary/aromatic N) is 3. The lowest BCUT2D eigenvalue weighted by Gasteiger charge is -2.35. The highest BCUT2D eigenvalue weighted by Gasteiger charge is 2.31. The van der Waals surface area contributed by atoms with Gasteiger partial charge in [-0.05, 0) is 30.7 Å². The van der Waals surface area contributed by atoms with E-state index in [9.17, 15) is 22.4 Å². The van der Waals surface area contributed by atoms with E-state index in [1.807, 2.05) is 0 Å². The van der Waals surface area contributed by atoms with Gasteiger partial charge in [-0.1, -0.05) is 0 Å². The summed E-state index contributed by atoms with van der Waals surface area (Å²) in [4.78, 5) is 21.2. The molecule has 1 aliphatic heterocycles. The van der Waals surface area contributed by atoms with Crippen LogP contribution in [0.2, 0.25) is 0 Å². The maximum Gasteiger partial charge on any atom is 0.573 e. The fourth-order valence-electron chi connectivity index (χ4n) is 3.04. The van der Waals surface area contributed by atoms with Gasteiger partial charge in [0, 0.05) is 25.1 Å². The Labute approximate surface area is 158 Å². The first kappa shape index (κ1) is 19.8. The topological polar surface area (TPSA) is 67.4 Å². The zero-order valence-electron chi connectivity index (χ0n) is 14.9. The molecule has 1 N–H and O–H groups in total. The van der Waals surface area contributed by atoms with E-state index in [-0.39, 0.29) is 18.2 Å². The number of benzene rings is 1. The minimum absolute atomic E-state index is 0.0692. The molecule has 2 heterocycles. The number of aromatic nitrogens is 2. The van der Waals surface area contributed by atoms with Crippen molar-refractivity contribution < 1.29 is 27.1 Å². The molecule has 3 rings (SSSR count). The lowest BCUT2D eigenvalue weighted by atomic mass is 10.0. The summed E-state index contributed by atoms with van der Waals surface area (Å²) in [6.07, 6.45) is -4.24. The molecule has 0 bridgehead atoms. The van der Waals surface area contributed by atoms with Gasteiger partial charge in [0.15, 0.2) is 0 Å². The molecule has 1 aromatic heterocycles. The van der Waals surface area contributed by atoms with Crippen LogP contribution in [0.15, 0.2) is 36.7 Å². The number of hydrogen-bond donors (Lipinski definition) is 1. The molecule has 0 spiro atoms. The summed E-state index contributed by atoms with van der Waals surface area (Å²) in [6.45, 7) is 1.92. The molecule has 0 saturated carbocycles. The monoisotopic (exact) mass is 398 g/mol. The second-order valence-corrected chi connectivity index (χ2v) is 6.39. The average Bonchev–Trinajstić information content (AvgIpc) is 2.62. The van der Waals surface area contributed by atoms with E-state index in [1.165, 1.54) is 37.5 Å². The summed E-state index contributed by atoms with van der Waals surface area (Å²) in [6, 6.07) is 6.41. The number of piperidine rings is 1. The van der Waals surface area contributed by atoms with E-state index in [0.717, 1.165) is 0 Å². The fraction of sp³-hybridized carbons (Fsp3) is 0.389. The number of hydrogen-bond acceptors (Lipinski definition) is 5. The van der Waals surface area contributed by atoms with Crippen LogP contribution in [0.3, 0.4) is 0 Å². The molecule has 6 nitrogen and oxygen atoms in total. The third-order valence-electron chi connectivity index (χ3n) is 4.29. The van der Waals surface area contributed by atoms with Crippen molar-refractivity contribution in [1.82, 2.24) is 15.3 Å². The molecule has 150 valence electrons. The number of amides is 1. The summed E-state index contributed by atoms with van der Waals surface area (Å²) in [5.74, 6) is -0.0984. The molecule has 0 aliphatic carbocycles. The molecule has 1 aromatic carbocycles. The Hall–Kier alpha value is -2.91. The third-order valence-corrected chi connectivity index (χ3v) is 4.29. The smallest absolute Gasteiger partial charge is 0.406 e. The Morgan fingerprint density at radius 3 is 2.57 bits per heavy atom. The Bertz CT molecular complexity index is 829. The largest absolute Gasteiger partial charge is 0.573 e. The first-order chi connectivity index (χ1) is 13.2. The molecule has 1 amide bonds. The van der Waals surface area contributed by atoms with E-state index >= 15 is 0 Å². The van der Waals surface area contributed by atoms with E-state index in [2.05, 4.69) is 20.0 Å². The van der Waals surface area contributed by atoms with Gasteiger partial charge in [0.05, 0.1) is 18.3 Å². The molecule has 2 aromatic rings. The second-order valence-electron chi connectivity index (χ2n) is 6.39. The number of rotatable bonds is 4. The Morgan fingerprint density at radius 2 is 1.96 bits per heavy atom. The minimum Gasteiger partial charge on any atom is -0.406 e. The SMILES string of the molecule is CC(=O)N[C@@H]1CCN(c2cc(-c3ccc(OC(F)(F)F)cc3)ncn2)C[C@H]1F. The number of halogens is 4. The van der Waals surface area contributed by atoms with Gasteiger partial charge in [-0.15, -0.1) is 13.2 Å². The average molecular weight is 398 g/mol. The minimum atomic E-state index is -4.75. The molecule has 10 heteroatoms. The van der Waals surface area contributed by atoms with E-state index in [1.54, 1.807) is 11.0 Å². The second kappa shape index (κ2) is 7.99. The Balaban J connectivity index is 1.72. The van der Waals surface area contributed by atoms with Crippen LogP contribution in [0.25, 0.3) is 11.3 Å². The fourth-order valence-corrected chi connectivity index (χ4v) is 3.04. The Kier molecular flexibility index (Phi) is 5.66. The summed E-state index contributed by atoms with van der Waals surface area (Å²) in [7, 11) is 0. The molecular formula is C18H18F4N4O2. The van der Waals surface area contributed by atoms with Crippen LogP contribution in [-0.4, -0.2) is 47.5 Å². The molecular weight excluding hydrogens is 380 g/mol. The van der Waals surface area contributed by atoms with E-state index in [4.69, 9.17) is 0 Å². The van der Waals surface area contributed by atoms with Gasteiger partial charge < -0.3 is 15.0 Å². The Morgan fingerprint density at radius 1 is 1.25 bits per heavy atom. The van der Waals surface area contributed by atoms with Crippen LogP contribution < -0.4 is 15.0 Å². The van der Waals surface area contributed by atoms with Crippen LogP contribution in [0.5, 0.6) is 5.75 Å². The van der Waals surface area contributed by atoms with Gasteiger partial charge in [0.2, 0.25) is 5.91 Å². The van der Waals surface area contributed by atoms with Crippen molar-refractivity contribution in [2.24, 2.45) is 0 Å². The molecule has 1 saturated heterocycles. The normalized spacial score (nSPS) is 20.0. The molecule has 1 aliphatic rings. The highest BCUT2D eigenvalue weighted by Crippen LogP contribution is 2.27. The van der Waals surface area contributed by atoms with Gasteiger partial charge in [0.25, 0.3) is 0 Å². The van der Waals surface area contributed by atoms with Crippen molar-refractivity contribution in [3.05, 3.63) is 36.7 Å². The van der Waals surface area contributed by atoms with Gasteiger partial charge in [-0.2, -0.15) is 0 Å². The maximum atomic E-state index is 14.3. The van der Waals surface area contributed by atoms with Crippen LogP contribution >= 0.6 is 0 Å². The highest BCUT2D eigenvalue weighted by molar-refractivity contribution is 5.73. The standard InChI is InChI=1S/C18H18F4N4O2/c1-11(27)25-15-6-7-26(9-14(15)19)17-8-16(23-10-24-17)12-2-4-13(5-3-12)28-18(20,21)22/h2-5,8,10,14-15H,6-7,9H2,1H3,(H,25,27)/t14-,15-/m1/s1. The summed E-state index contributed by atoms with van der Waals surface area (Å²) in [5, 5.41) is 2.60. The van der Waals surface area contributed by atoms with Gasteiger partial charge in [0.1, 0.15) is 24.1 Å². The number of carbonyl (C=O) groups is 1. The highest BCUT2D eigenvalue weighted by atomic mass is 19.4. The zero-order chi connectivity index (χ0) is 20.3. The van der Waals surface area contributed by atoms with E-state index in [0.29, 0.717) is 30.0 Å². The van der Waals surface area contributed by atoms with Crippen molar-refractivity contribution in [2.45, 2.75) is 31.9 Å². The van der Waals surface area contributed by atoms with Gasteiger partial charge >= 0.3 is 6.36 Å². The van der Waals surface area contributed by atoms with Crippen molar-refractivity contribution in [3.8, 4) is 17.0 Å². The quantitative estimate of drug-likeness (QED) is 0.802. The molecule has 28 heavy (non-hydrogen) atoms. The maximum absolute atomic E-state index is 14.3. The van der Waals surface area contributed by atoms with Crippen LogP contribution in [0.1, 0.15) is 13.3 Å². The summed E-state index contributed by atoms with van der Waals surface area (Å²) < 4.78 is 54.9. The van der Waals surface area contributed by atoms with Crippen LogP contribution in [0, 0.1) is 0 Å². The molecule has 0 radical (unpaired) electrons. The number of anilines is 1. The van der Waals surface area contributed by atoms with Crippen molar-refractivity contribution in [3.63, 3.8) is 0 Å². The number of ether oxygens (including phenoxy) is 1. The first-order valence-corrected chi connectivity index (χ1v) is 8.55. The predicted octanol–water partition coefficient (Wildman–Crippen LogP) is 3.10. The summed E-state index contributed by atoms with van der Waals surface area (Å²) in [5.41, 5.74) is 1.06. The number of carbonyl (C=O) groups excluding carboxylic acids is 1. The molecule has 2 atom stereocenters. The third kappa shape index (κ3) is 5.08. The van der Waals surface area contributed by atoms with Crippen molar-refractivity contribution >= 4 is 11.7 Å². The molecule has 1 fully saturated rings. The van der Waals surface area contributed by atoms with Crippen molar-refractivity contribution in [1.29, 1.82) is 0 Å². The van der Waals surface area contributed by atoms with Gasteiger partial charge in [-0.25, -0.2) is 14.4 Å². The lowest BCUT2D eigenvalue weighted by Crippen LogP contribution is -2.52. The number of alkyl halides is 4. The van der Waals surface area contributed by atoms with Gasteiger partial charge in [-0.3, -0.25) is 4.79 Å². The van der Waals surface area contributed by atoms with Crippen LogP contribution in [0.4, 0.5) is 23.4 Å². The first-order valence-electron chi connectivity index (χ1n) is 8.55. The van der Waals surface area contributed by atoms with Crippen LogP contribution in [-0.2, 0) is 4.79 Å². The number of nitrogens with one attached hydrogen (secondary N) is 1. The molecule has 0 unspecified atom stereocenters. The van der Waals surface area contributed by atoms with E-state index < -0.39 is 18.6 Å². The summed E-state index contributed by atoms with van der Waals surface area (Å²) >= 11 is 0. The van der Waals surface area contributed by atoms with Crippen molar-refractivity contribution in [2.75, 3.05) is 18.0 Å². The lowest BCUT2D eigenvalue weighted by molar-refractivity contribution is -0.274. The zero-order valence-corrected chi connectivity index (χ0v) is 14.9. The predicted molar refractivity (Wildman–Crippen MR) is 93.5 cm³/mol.